The Morgan fingerprint density at radius 2 is 1.92 bits per heavy atom. The van der Waals surface area contributed by atoms with Crippen LogP contribution in [0, 0.1) is 5.92 Å². The highest BCUT2D eigenvalue weighted by atomic mass is 32.2. The highest BCUT2D eigenvalue weighted by molar-refractivity contribution is 7.99. The van der Waals surface area contributed by atoms with E-state index in [0.717, 1.165) is 28.4 Å². The molecule has 0 N–H and O–H groups in total. The molecule has 4 rings (SSSR count). The van der Waals surface area contributed by atoms with Gasteiger partial charge in [0.15, 0.2) is 0 Å². The molecule has 2 atom stereocenters. The maximum Gasteiger partial charge on any atom is 0.233 e. The molecule has 126 valence electrons. The quantitative estimate of drug-likeness (QED) is 0.771. The van der Waals surface area contributed by atoms with E-state index in [1.807, 2.05) is 24.3 Å². The van der Waals surface area contributed by atoms with Gasteiger partial charge in [-0.1, -0.05) is 48.9 Å². The van der Waals surface area contributed by atoms with E-state index in [0.29, 0.717) is 17.7 Å². The number of carbonyl (C=O) groups is 1. The lowest BCUT2D eigenvalue weighted by Gasteiger charge is -2.44. The zero-order valence-electron chi connectivity index (χ0n) is 14.0. The number of likely N-dealkylation sites (tertiary alicyclic amines) is 1. The molecule has 0 radical (unpaired) electrons. The molecule has 2 aliphatic rings. The van der Waals surface area contributed by atoms with Gasteiger partial charge in [0.05, 0.1) is 16.3 Å². The Labute approximate surface area is 147 Å². The van der Waals surface area contributed by atoms with Gasteiger partial charge in [0.2, 0.25) is 5.91 Å². The molecule has 1 aliphatic heterocycles. The molecule has 0 spiro atoms. The van der Waals surface area contributed by atoms with Crippen molar-refractivity contribution in [2.24, 2.45) is 5.92 Å². The number of benzene rings is 1. The third-order valence-electron chi connectivity index (χ3n) is 5.48. The fraction of sp³-hybridized carbons (Fsp3) is 0.500. The number of carbonyl (C=O) groups excluding carboxylic acids is 1. The number of nitrogens with zero attached hydrogens (tertiary/aromatic N) is 2. The van der Waals surface area contributed by atoms with Gasteiger partial charge >= 0.3 is 0 Å². The van der Waals surface area contributed by atoms with Crippen LogP contribution in [0.15, 0.2) is 41.4 Å². The van der Waals surface area contributed by atoms with E-state index < -0.39 is 0 Å². The third-order valence-corrected chi connectivity index (χ3v) is 6.39. The molecule has 0 unspecified atom stereocenters. The van der Waals surface area contributed by atoms with Crippen molar-refractivity contribution in [1.29, 1.82) is 0 Å². The molecule has 1 aromatic carbocycles. The molecule has 1 saturated heterocycles. The van der Waals surface area contributed by atoms with E-state index >= 15 is 0 Å². The summed E-state index contributed by atoms with van der Waals surface area (Å²) in [6, 6.07) is 12.7. The summed E-state index contributed by atoms with van der Waals surface area (Å²) in [6.07, 6.45) is 7.63. The summed E-state index contributed by atoms with van der Waals surface area (Å²) in [6.45, 7) is 0.950. The average molecular weight is 340 g/mol. The van der Waals surface area contributed by atoms with E-state index in [1.54, 1.807) is 11.8 Å². The highest BCUT2D eigenvalue weighted by Gasteiger charge is 2.35. The van der Waals surface area contributed by atoms with Crippen LogP contribution in [-0.4, -0.2) is 34.1 Å². The molecule has 1 aromatic heterocycles. The molecule has 2 aromatic rings. The van der Waals surface area contributed by atoms with Crippen molar-refractivity contribution in [3.8, 4) is 0 Å². The zero-order valence-corrected chi connectivity index (χ0v) is 14.8. The average Bonchev–Trinajstić information content (AvgIpc) is 2.65. The van der Waals surface area contributed by atoms with Gasteiger partial charge in [-0.15, -0.1) is 0 Å². The van der Waals surface area contributed by atoms with Crippen LogP contribution in [0.2, 0.25) is 0 Å². The molecule has 2 heterocycles. The molecular formula is C20H24N2OS. The SMILES string of the molecule is O=C(CSc1ccc2ccccc2n1)N1CCC[C@H]2CCCC[C@@H]21. The Morgan fingerprint density at radius 3 is 2.88 bits per heavy atom. The number of aromatic nitrogens is 1. The van der Waals surface area contributed by atoms with Crippen molar-refractivity contribution in [2.45, 2.75) is 49.6 Å². The maximum absolute atomic E-state index is 12.8. The van der Waals surface area contributed by atoms with Gasteiger partial charge in [-0.3, -0.25) is 4.79 Å². The first-order valence-electron chi connectivity index (χ1n) is 9.09. The first-order chi connectivity index (χ1) is 11.8. The summed E-state index contributed by atoms with van der Waals surface area (Å²) in [7, 11) is 0. The molecule has 3 nitrogen and oxygen atoms in total. The number of piperidine rings is 1. The smallest absolute Gasteiger partial charge is 0.233 e. The van der Waals surface area contributed by atoms with Crippen molar-refractivity contribution in [3.63, 3.8) is 0 Å². The Balaban J connectivity index is 1.41. The van der Waals surface area contributed by atoms with Crippen LogP contribution in [-0.2, 0) is 4.79 Å². The van der Waals surface area contributed by atoms with Gasteiger partial charge < -0.3 is 4.90 Å². The summed E-state index contributed by atoms with van der Waals surface area (Å²) in [5, 5.41) is 2.09. The van der Waals surface area contributed by atoms with Gasteiger partial charge in [0.1, 0.15) is 0 Å². The van der Waals surface area contributed by atoms with Crippen molar-refractivity contribution in [2.75, 3.05) is 12.3 Å². The molecular weight excluding hydrogens is 316 g/mol. The van der Waals surface area contributed by atoms with Crippen molar-refractivity contribution >= 4 is 28.6 Å². The fourth-order valence-corrected chi connectivity index (χ4v) is 5.05. The Morgan fingerprint density at radius 1 is 1.08 bits per heavy atom. The minimum absolute atomic E-state index is 0.298. The van der Waals surface area contributed by atoms with Crippen LogP contribution in [0.5, 0.6) is 0 Å². The van der Waals surface area contributed by atoms with Crippen LogP contribution in [0.4, 0.5) is 0 Å². The number of hydrogen-bond acceptors (Lipinski definition) is 3. The summed E-state index contributed by atoms with van der Waals surface area (Å²) in [5.74, 6) is 1.56. The predicted molar refractivity (Wildman–Crippen MR) is 99.2 cm³/mol. The normalized spacial score (nSPS) is 23.9. The Hall–Kier alpha value is -1.55. The van der Waals surface area contributed by atoms with E-state index in [9.17, 15) is 4.79 Å². The van der Waals surface area contributed by atoms with Crippen molar-refractivity contribution in [1.82, 2.24) is 9.88 Å². The zero-order chi connectivity index (χ0) is 16.4. The summed E-state index contributed by atoms with van der Waals surface area (Å²) >= 11 is 1.57. The Bertz CT molecular complexity index is 730. The van der Waals surface area contributed by atoms with Crippen molar-refractivity contribution < 1.29 is 4.79 Å². The molecule has 1 aliphatic carbocycles. The number of thioether (sulfide) groups is 1. The van der Waals surface area contributed by atoms with E-state index in [2.05, 4.69) is 22.0 Å². The summed E-state index contributed by atoms with van der Waals surface area (Å²) in [4.78, 5) is 19.6. The van der Waals surface area contributed by atoms with Gasteiger partial charge in [-0.25, -0.2) is 4.98 Å². The lowest BCUT2D eigenvalue weighted by molar-refractivity contribution is -0.134. The first-order valence-corrected chi connectivity index (χ1v) is 10.1. The van der Waals surface area contributed by atoms with Crippen molar-refractivity contribution in [3.05, 3.63) is 36.4 Å². The van der Waals surface area contributed by atoms with Gasteiger partial charge in [0.25, 0.3) is 0 Å². The standard InChI is InChI=1S/C20H24N2OS/c23-20(22-13-5-8-16-7-2-4-10-18(16)22)14-24-19-12-11-15-6-1-3-9-17(15)21-19/h1,3,6,9,11-12,16,18H,2,4-5,7-8,10,13-14H2/t16-,18+/m1/s1. The highest BCUT2D eigenvalue weighted by Crippen LogP contribution is 2.35. The minimum atomic E-state index is 0.298. The van der Waals surface area contributed by atoms with Crippen LogP contribution in [0.1, 0.15) is 38.5 Å². The molecule has 0 bridgehead atoms. The second kappa shape index (κ2) is 7.14. The van der Waals surface area contributed by atoms with Crippen LogP contribution in [0.3, 0.4) is 0 Å². The topological polar surface area (TPSA) is 33.2 Å². The number of rotatable bonds is 3. The number of hydrogen-bond donors (Lipinski definition) is 0. The van der Waals surface area contributed by atoms with Crippen LogP contribution >= 0.6 is 11.8 Å². The van der Waals surface area contributed by atoms with Gasteiger partial charge in [0, 0.05) is 18.0 Å². The molecule has 2 fully saturated rings. The van der Waals surface area contributed by atoms with Gasteiger partial charge in [-0.2, -0.15) is 0 Å². The lowest BCUT2D eigenvalue weighted by Crippen LogP contribution is -2.50. The lowest BCUT2D eigenvalue weighted by atomic mass is 9.78. The van der Waals surface area contributed by atoms with Gasteiger partial charge in [-0.05, 0) is 43.7 Å². The molecule has 1 saturated carbocycles. The van der Waals surface area contributed by atoms with Crippen LogP contribution in [0.25, 0.3) is 10.9 Å². The second-order valence-electron chi connectivity index (χ2n) is 6.97. The number of amides is 1. The summed E-state index contributed by atoms with van der Waals surface area (Å²) in [5.41, 5.74) is 1.00. The number of fused-ring (bicyclic) bond motifs is 2. The largest absolute Gasteiger partial charge is 0.339 e. The predicted octanol–water partition coefficient (Wildman–Crippen LogP) is 4.51. The third kappa shape index (κ3) is 3.30. The second-order valence-corrected chi connectivity index (χ2v) is 7.97. The molecule has 4 heteroatoms. The Kier molecular flexibility index (Phi) is 4.74. The summed E-state index contributed by atoms with van der Waals surface area (Å²) < 4.78 is 0. The van der Waals surface area contributed by atoms with E-state index in [-0.39, 0.29) is 0 Å². The number of pyridine rings is 1. The maximum atomic E-state index is 12.8. The molecule has 24 heavy (non-hydrogen) atoms. The first kappa shape index (κ1) is 15.9. The fourth-order valence-electron chi connectivity index (χ4n) is 4.28. The number of para-hydroxylation sites is 1. The van der Waals surface area contributed by atoms with E-state index in [4.69, 9.17) is 0 Å². The van der Waals surface area contributed by atoms with E-state index in [1.165, 1.54) is 38.5 Å². The van der Waals surface area contributed by atoms with Crippen LogP contribution < -0.4 is 0 Å². The minimum Gasteiger partial charge on any atom is -0.339 e. The monoisotopic (exact) mass is 340 g/mol. The molecule has 1 amide bonds.